The van der Waals surface area contributed by atoms with Crippen LogP contribution in [0.15, 0.2) is 71.0 Å². The lowest BCUT2D eigenvalue weighted by Crippen LogP contribution is -2.50. The first-order valence-corrected chi connectivity index (χ1v) is 10.8. The minimum Gasteiger partial charge on any atom is -0.474 e. The van der Waals surface area contributed by atoms with Crippen molar-refractivity contribution in [3.63, 3.8) is 0 Å². The molecule has 1 aliphatic carbocycles. The van der Waals surface area contributed by atoms with Crippen molar-refractivity contribution in [3.05, 3.63) is 81.6 Å². The molecule has 2 heterocycles. The highest BCUT2D eigenvalue weighted by atomic mass is 16.6. The number of carbonyl (C=O) groups excluding carboxylic acids is 2. The molecule has 2 aliphatic heterocycles. The van der Waals surface area contributed by atoms with Crippen LogP contribution in [-0.4, -0.2) is 27.9 Å². The molecule has 5 rings (SSSR count). The molecular formula is C25H23N3O5. The Morgan fingerprint density at radius 2 is 1.73 bits per heavy atom. The summed E-state index contributed by atoms with van der Waals surface area (Å²) in [6.45, 7) is 5.72. The number of benzene rings is 2. The number of nitro benzene ring substituents is 1. The van der Waals surface area contributed by atoms with E-state index in [1.54, 1.807) is 31.2 Å². The molecule has 1 spiro atoms. The predicted octanol–water partition coefficient (Wildman–Crippen LogP) is 4.51. The summed E-state index contributed by atoms with van der Waals surface area (Å²) in [6.07, 6.45) is 0.854. The second-order valence-corrected chi connectivity index (χ2v) is 9.54. The van der Waals surface area contributed by atoms with Crippen molar-refractivity contribution < 1.29 is 19.2 Å². The smallest absolute Gasteiger partial charge is 0.298 e. The first-order valence-electron chi connectivity index (χ1n) is 10.8. The number of carbonyl (C=O) groups is 2. The molecule has 2 aromatic rings. The Hall–Kier alpha value is -3.81. The summed E-state index contributed by atoms with van der Waals surface area (Å²) in [6, 6.07) is 15.0. The van der Waals surface area contributed by atoms with Crippen molar-refractivity contribution in [1.29, 1.82) is 0 Å². The van der Waals surface area contributed by atoms with E-state index in [0.717, 1.165) is 0 Å². The van der Waals surface area contributed by atoms with Gasteiger partial charge in [0, 0.05) is 30.5 Å². The summed E-state index contributed by atoms with van der Waals surface area (Å²) in [4.78, 5) is 38.0. The van der Waals surface area contributed by atoms with Crippen LogP contribution < -0.4 is 5.01 Å². The van der Waals surface area contributed by atoms with Gasteiger partial charge in [0.05, 0.1) is 22.2 Å². The third kappa shape index (κ3) is 3.08. The number of hydrogen-bond donors (Lipinski definition) is 0. The highest BCUT2D eigenvalue weighted by Crippen LogP contribution is 2.56. The zero-order valence-electron chi connectivity index (χ0n) is 18.6. The molecule has 1 amide bonds. The van der Waals surface area contributed by atoms with Crippen LogP contribution in [-0.2, 0) is 14.3 Å². The van der Waals surface area contributed by atoms with Gasteiger partial charge in [0.25, 0.3) is 11.6 Å². The molecule has 2 aromatic carbocycles. The van der Waals surface area contributed by atoms with E-state index < -0.39 is 16.4 Å². The number of para-hydroxylation sites is 1. The highest BCUT2D eigenvalue weighted by molar-refractivity contribution is 6.24. The lowest BCUT2D eigenvalue weighted by Gasteiger charge is -2.30. The number of hydrogen-bond acceptors (Lipinski definition) is 6. The fraction of sp³-hybridized carbons (Fsp3) is 0.320. The molecule has 0 saturated carbocycles. The third-order valence-corrected chi connectivity index (χ3v) is 6.59. The van der Waals surface area contributed by atoms with E-state index >= 15 is 0 Å². The molecule has 33 heavy (non-hydrogen) atoms. The van der Waals surface area contributed by atoms with Crippen molar-refractivity contribution in [3.8, 4) is 0 Å². The van der Waals surface area contributed by atoms with Crippen molar-refractivity contribution in [2.75, 3.05) is 5.01 Å². The van der Waals surface area contributed by atoms with Crippen molar-refractivity contribution >= 4 is 28.8 Å². The van der Waals surface area contributed by atoms with Gasteiger partial charge in [0.2, 0.25) is 5.60 Å². The monoisotopic (exact) mass is 445 g/mol. The van der Waals surface area contributed by atoms with Gasteiger partial charge in [-0.3, -0.25) is 19.7 Å². The number of non-ortho nitro benzene ring substituents is 1. The first kappa shape index (κ1) is 21.1. The Labute approximate surface area is 190 Å². The summed E-state index contributed by atoms with van der Waals surface area (Å²) in [7, 11) is 0. The minimum atomic E-state index is -1.51. The normalized spacial score (nSPS) is 25.8. The number of ketones is 1. The van der Waals surface area contributed by atoms with Crippen molar-refractivity contribution in [2.24, 2.45) is 10.5 Å². The lowest BCUT2D eigenvalue weighted by molar-refractivity contribution is -0.384. The van der Waals surface area contributed by atoms with Crippen LogP contribution in [0.5, 0.6) is 0 Å². The molecule has 0 fully saturated rings. The van der Waals surface area contributed by atoms with Crippen LogP contribution in [0.4, 0.5) is 11.4 Å². The van der Waals surface area contributed by atoms with E-state index in [2.05, 4.69) is 5.10 Å². The van der Waals surface area contributed by atoms with Gasteiger partial charge in [-0.2, -0.15) is 10.1 Å². The van der Waals surface area contributed by atoms with Crippen LogP contribution in [0.25, 0.3) is 0 Å². The van der Waals surface area contributed by atoms with E-state index in [9.17, 15) is 19.7 Å². The Kier molecular flexibility index (Phi) is 4.53. The lowest BCUT2D eigenvalue weighted by atomic mass is 9.69. The van der Waals surface area contributed by atoms with Gasteiger partial charge in [-0.15, -0.1) is 0 Å². The number of anilines is 1. The second-order valence-electron chi connectivity index (χ2n) is 9.54. The molecule has 0 radical (unpaired) electrons. The van der Waals surface area contributed by atoms with Gasteiger partial charge in [-0.1, -0.05) is 44.2 Å². The molecular weight excluding hydrogens is 422 g/mol. The maximum Gasteiger partial charge on any atom is 0.298 e. The average molecular weight is 445 g/mol. The summed E-state index contributed by atoms with van der Waals surface area (Å²) in [5.74, 6) is -0.672. The summed E-state index contributed by atoms with van der Waals surface area (Å²) in [5, 5.41) is 17.0. The van der Waals surface area contributed by atoms with E-state index in [1.807, 2.05) is 32.0 Å². The Morgan fingerprint density at radius 3 is 2.36 bits per heavy atom. The fourth-order valence-corrected chi connectivity index (χ4v) is 5.11. The van der Waals surface area contributed by atoms with Gasteiger partial charge in [-0.05, 0) is 30.0 Å². The molecule has 0 N–H and O–H groups in total. The zero-order chi connectivity index (χ0) is 23.5. The number of nitro groups is 1. The Bertz CT molecular complexity index is 1250. The van der Waals surface area contributed by atoms with Gasteiger partial charge >= 0.3 is 0 Å². The van der Waals surface area contributed by atoms with Crippen molar-refractivity contribution in [1.82, 2.24) is 0 Å². The number of allylic oxidation sites excluding steroid dienone is 1. The average Bonchev–Trinajstić information content (AvgIpc) is 3.24. The maximum absolute atomic E-state index is 14.0. The number of nitrogens with zero attached hydrogens (tertiary/aromatic N) is 3. The number of hydrazone groups is 1. The van der Waals surface area contributed by atoms with Gasteiger partial charge < -0.3 is 4.74 Å². The maximum atomic E-state index is 14.0. The molecule has 0 saturated heterocycles. The van der Waals surface area contributed by atoms with E-state index in [-0.39, 0.29) is 22.8 Å². The fourth-order valence-electron chi connectivity index (χ4n) is 5.11. The van der Waals surface area contributed by atoms with Gasteiger partial charge in [-0.25, -0.2) is 0 Å². The Balaban J connectivity index is 1.67. The quantitative estimate of drug-likeness (QED) is 0.511. The van der Waals surface area contributed by atoms with E-state index in [1.165, 1.54) is 17.1 Å². The third-order valence-electron chi connectivity index (χ3n) is 6.59. The molecule has 0 unspecified atom stereocenters. The number of ether oxygens (including phenoxy) is 1. The predicted molar refractivity (Wildman–Crippen MR) is 122 cm³/mol. The number of rotatable bonds is 3. The Morgan fingerprint density at radius 1 is 1.06 bits per heavy atom. The number of Topliss-reactive ketones (excluding diaryl/α,β-unsaturated/α-hetero) is 1. The van der Waals surface area contributed by atoms with Crippen LogP contribution in [0.3, 0.4) is 0 Å². The van der Waals surface area contributed by atoms with Crippen LogP contribution in [0, 0.1) is 15.5 Å². The van der Waals surface area contributed by atoms with E-state index in [0.29, 0.717) is 41.1 Å². The molecule has 2 atom stereocenters. The molecule has 8 heteroatoms. The number of amides is 1. The SMILES string of the molecule is CC1=NN(c2ccccc2)C(=O)[C@]12OC1=C(C(=O)CC(C)(C)C1)[C@@H]2c1ccc([N+](=O)[O-])cc1. The summed E-state index contributed by atoms with van der Waals surface area (Å²) < 4.78 is 6.44. The van der Waals surface area contributed by atoms with E-state index in [4.69, 9.17) is 4.74 Å². The molecule has 3 aliphatic rings. The van der Waals surface area contributed by atoms with Gasteiger partial charge in [0.1, 0.15) is 5.76 Å². The largest absolute Gasteiger partial charge is 0.474 e. The standard InChI is InChI=1S/C25H23N3O5/c1-15-25(23(30)27(26-15)17-7-5-4-6-8-17)22(16-9-11-18(12-10-16)28(31)32)21-19(29)13-24(2,3)14-20(21)33-25/h4-12,22H,13-14H2,1-3H3/t22-,25-/m0/s1. The topological polar surface area (TPSA) is 102 Å². The second kappa shape index (κ2) is 7.10. The first-order chi connectivity index (χ1) is 15.6. The van der Waals surface area contributed by atoms with Crippen LogP contribution in [0.1, 0.15) is 45.1 Å². The minimum absolute atomic E-state index is 0.0638. The zero-order valence-corrected chi connectivity index (χ0v) is 18.6. The summed E-state index contributed by atoms with van der Waals surface area (Å²) in [5.41, 5.74) is 0.254. The molecule has 168 valence electrons. The van der Waals surface area contributed by atoms with Crippen LogP contribution in [0.2, 0.25) is 0 Å². The van der Waals surface area contributed by atoms with Gasteiger partial charge in [0.15, 0.2) is 5.78 Å². The molecule has 0 aromatic heterocycles. The van der Waals surface area contributed by atoms with Crippen molar-refractivity contribution in [2.45, 2.75) is 45.1 Å². The highest BCUT2D eigenvalue weighted by Gasteiger charge is 2.65. The van der Waals surface area contributed by atoms with Crippen LogP contribution >= 0.6 is 0 Å². The molecule has 0 bridgehead atoms. The molecule has 8 nitrogen and oxygen atoms in total. The summed E-state index contributed by atoms with van der Waals surface area (Å²) >= 11 is 0.